The van der Waals surface area contributed by atoms with Gasteiger partial charge in [0.25, 0.3) is 0 Å². The fourth-order valence-corrected chi connectivity index (χ4v) is 1.74. The summed E-state index contributed by atoms with van der Waals surface area (Å²) in [6.45, 7) is 0. The summed E-state index contributed by atoms with van der Waals surface area (Å²) in [6, 6.07) is 1.36. The van der Waals surface area contributed by atoms with Crippen molar-refractivity contribution in [1.82, 2.24) is 4.98 Å². The third-order valence-corrected chi connectivity index (χ3v) is 3.01. The molecule has 0 atom stereocenters. The zero-order chi connectivity index (χ0) is 9.97. The first-order valence-electron chi connectivity index (χ1n) is 4.32. The first-order chi connectivity index (χ1) is 6.81. The van der Waals surface area contributed by atoms with Crippen LogP contribution in [0.25, 0.3) is 0 Å². The molecular weight excluding hydrogens is 203 g/mol. The minimum atomic E-state index is -0.573. The van der Waals surface area contributed by atoms with Gasteiger partial charge in [0.1, 0.15) is 0 Å². The van der Waals surface area contributed by atoms with Crippen molar-refractivity contribution >= 4 is 24.1 Å². The molecule has 74 valence electrons. The van der Waals surface area contributed by atoms with Crippen molar-refractivity contribution in [3.8, 4) is 0 Å². The SMILES string of the molecule is O=Cc1ccnc(NSC2CC2)c1F. The van der Waals surface area contributed by atoms with Crippen molar-refractivity contribution in [2.75, 3.05) is 4.72 Å². The monoisotopic (exact) mass is 212 g/mol. The Labute approximate surface area is 85.2 Å². The molecule has 0 aromatic carbocycles. The van der Waals surface area contributed by atoms with E-state index in [1.807, 2.05) is 0 Å². The Morgan fingerprint density at radius 2 is 2.43 bits per heavy atom. The Morgan fingerprint density at radius 3 is 3.07 bits per heavy atom. The van der Waals surface area contributed by atoms with Crippen molar-refractivity contribution in [1.29, 1.82) is 0 Å². The van der Waals surface area contributed by atoms with Gasteiger partial charge in [0.15, 0.2) is 17.9 Å². The number of hydrogen-bond donors (Lipinski definition) is 1. The molecule has 3 nitrogen and oxygen atoms in total. The Balaban J connectivity index is 2.10. The zero-order valence-corrected chi connectivity index (χ0v) is 8.18. The molecule has 14 heavy (non-hydrogen) atoms. The maximum Gasteiger partial charge on any atom is 0.176 e. The molecule has 0 bridgehead atoms. The van der Waals surface area contributed by atoms with Gasteiger partial charge in [0.2, 0.25) is 0 Å². The number of halogens is 1. The van der Waals surface area contributed by atoms with Crippen molar-refractivity contribution in [2.24, 2.45) is 0 Å². The average Bonchev–Trinajstić information content (AvgIpc) is 3.00. The van der Waals surface area contributed by atoms with Crippen molar-refractivity contribution in [2.45, 2.75) is 18.1 Å². The molecule has 1 saturated carbocycles. The van der Waals surface area contributed by atoms with E-state index in [1.54, 1.807) is 0 Å². The van der Waals surface area contributed by atoms with Gasteiger partial charge < -0.3 is 4.72 Å². The van der Waals surface area contributed by atoms with Crippen molar-refractivity contribution < 1.29 is 9.18 Å². The molecule has 0 spiro atoms. The molecule has 1 aromatic heterocycles. The van der Waals surface area contributed by atoms with E-state index in [2.05, 4.69) is 9.71 Å². The van der Waals surface area contributed by atoms with Gasteiger partial charge in [-0.05, 0) is 30.9 Å². The van der Waals surface area contributed by atoms with E-state index in [4.69, 9.17) is 0 Å². The predicted octanol–water partition coefficient (Wildman–Crippen LogP) is 2.26. The van der Waals surface area contributed by atoms with E-state index >= 15 is 0 Å². The number of hydrogen-bond acceptors (Lipinski definition) is 4. The molecular formula is C9H9FN2OS. The molecule has 2 rings (SSSR count). The van der Waals surface area contributed by atoms with Crippen molar-refractivity contribution in [3.05, 3.63) is 23.6 Å². The Bertz CT molecular complexity index is 355. The highest BCUT2D eigenvalue weighted by Crippen LogP contribution is 2.34. The summed E-state index contributed by atoms with van der Waals surface area (Å²) in [7, 11) is 0. The largest absolute Gasteiger partial charge is 0.312 e. The lowest BCUT2D eigenvalue weighted by molar-refractivity contribution is 0.112. The number of anilines is 1. The topological polar surface area (TPSA) is 42.0 Å². The van der Waals surface area contributed by atoms with Gasteiger partial charge in [0, 0.05) is 11.4 Å². The van der Waals surface area contributed by atoms with Crippen LogP contribution in [0.15, 0.2) is 12.3 Å². The maximum atomic E-state index is 13.4. The minimum absolute atomic E-state index is 0.0406. The summed E-state index contributed by atoms with van der Waals surface area (Å²) < 4.78 is 16.2. The molecule has 0 radical (unpaired) electrons. The van der Waals surface area contributed by atoms with E-state index in [1.165, 1.54) is 24.2 Å². The molecule has 1 aromatic rings. The fourth-order valence-electron chi connectivity index (χ4n) is 0.946. The van der Waals surface area contributed by atoms with Crippen LogP contribution in [-0.4, -0.2) is 16.5 Å². The van der Waals surface area contributed by atoms with E-state index < -0.39 is 5.82 Å². The molecule has 1 N–H and O–H groups in total. The van der Waals surface area contributed by atoms with Gasteiger partial charge in [-0.2, -0.15) is 0 Å². The number of pyridine rings is 1. The first-order valence-corrected chi connectivity index (χ1v) is 5.20. The molecule has 0 saturated heterocycles. The van der Waals surface area contributed by atoms with Gasteiger partial charge in [-0.15, -0.1) is 0 Å². The Morgan fingerprint density at radius 1 is 1.64 bits per heavy atom. The zero-order valence-electron chi connectivity index (χ0n) is 7.37. The van der Waals surface area contributed by atoms with Gasteiger partial charge in [-0.25, -0.2) is 9.37 Å². The number of nitrogens with zero attached hydrogens (tertiary/aromatic N) is 1. The second-order valence-corrected chi connectivity index (χ2v) is 4.21. The third-order valence-electron chi connectivity index (χ3n) is 1.89. The number of aldehydes is 1. The third kappa shape index (κ3) is 2.04. The molecule has 0 aliphatic heterocycles. The maximum absolute atomic E-state index is 13.4. The van der Waals surface area contributed by atoms with Crippen LogP contribution in [0.2, 0.25) is 0 Å². The quantitative estimate of drug-likeness (QED) is 0.614. The number of carbonyl (C=O) groups excluding carboxylic acids is 1. The van der Waals surface area contributed by atoms with Gasteiger partial charge in [-0.3, -0.25) is 4.79 Å². The number of rotatable bonds is 4. The van der Waals surface area contributed by atoms with Gasteiger partial charge >= 0.3 is 0 Å². The Hall–Kier alpha value is -1.10. The molecule has 0 unspecified atom stereocenters. The van der Waals surface area contributed by atoms with E-state index in [-0.39, 0.29) is 11.4 Å². The predicted molar refractivity (Wildman–Crippen MR) is 53.8 cm³/mol. The fraction of sp³-hybridized carbons (Fsp3) is 0.333. The molecule has 5 heteroatoms. The number of aromatic nitrogens is 1. The second kappa shape index (κ2) is 3.96. The van der Waals surface area contributed by atoms with E-state index in [9.17, 15) is 9.18 Å². The molecule has 1 aliphatic rings. The first kappa shape index (κ1) is 9.45. The second-order valence-electron chi connectivity index (χ2n) is 3.10. The summed E-state index contributed by atoms with van der Waals surface area (Å²) >= 11 is 1.46. The summed E-state index contributed by atoms with van der Waals surface area (Å²) in [4.78, 5) is 14.2. The molecule has 1 aliphatic carbocycles. The lowest BCUT2D eigenvalue weighted by Crippen LogP contribution is -1.99. The lowest BCUT2D eigenvalue weighted by atomic mass is 10.3. The average molecular weight is 212 g/mol. The Kier molecular flexibility index (Phi) is 2.67. The smallest absolute Gasteiger partial charge is 0.176 e. The summed E-state index contributed by atoms with van der Waals surface area (Å²) in [5, 5.41) is 0.566. The normalized spacial score (nSPS) is 15.2. The van der Waals surface area contributed by atoms with Crippen LogP contribution in [0, 0.1) is 5.82 Å². The van der Waals surface area contributed by atoms with Gasteiger partial charge in [0.05, 0.1) is 5.56 Å². The highest BCUT2D eigenvalue weighted by molar-refractivity contribution is 8.01. The number of nitrogens with one attached hydrogen (secondary N) is 1. The minimum Gasteiger partial charge on any atom is -0.312 e. The standard InChI is InChI=1S/C9H9FN2OS/c10-8-6(5-13)3-4-11-9(8)12-14-7-1-2-7/h3-5,7H,1-2H2,(H,11,12). The number of carbonyl (C=O) groups is 1. The van der Waals surface area contributed by atoms with Crippen LogP contribution in [0.3, 0.4) is 0 Å². The molecule has 1 fully saturated rings. The van der Waals surface area contributed by atoms with Crippen LogP contribution >= 0.6 is 11.9 Å². The van der Waals surface area contributed by atoms with Crippen LogP contribution in [0.5, 0.6) is 0 Å². The molecule has 0 amide bonds. The van der Waals surface area contributed by atoms with Crippen molar-refractivity contribution in [3.63, 3.8) is 0 Å². The highest BCUT2D eigenvalue weighted by Gasteiger charge is 2.23. The highest BCUT2D eigenvalue weighted by atomic mass is 32.2. The lowest BCUT2D eigenvalue weighted by Gasteiger charge is -2.04. The van der Waals surface area contributed by atoms with Crippen LogP contribution in [0.1, 0.15) is 23.2 Å². The summed E-state index contributed by atoms with van der Waals surface area (Å²) in [6.07, 6.45) is 4.23. The summed E-state index contributed by atoms with van der Waals surface area (Å²) in [5.74, 6) is -0.429. The van der Waals surface area contributed by atoms with E-state index in [0.29, 0.717) is 11.5 Å². The summed E-state index contributed by atoms with van der Waals surface area (Å²) in [5.41, 5.74) is 0.0406. The van der Waals surface area contributed by atoms with Crippen LogP contribution in [-0.2, 0) is 0 Å². The van der Waals surface area contributed by atoms with E-state index in [0.717, 1.165) is 12.8 Å². The van der Waals surface area contributed by atoms with Gasteiger partial charge in [-0.1, -0.05) is 0 Å². The van der Waals surface area contributed by atoms with Crippen LogP contribution < -0.4 is 4.72 Å². The van der Waals surface area contributed by atoms with Crippen LogP contribution in [0.4, 0.5) is 10.2 Å². The molecule has 1 heterocycles.